The molecule has 1 heterocycles. The highest BCUT2D eigenvalue weighted by atomic mass is 19.3. The predicted octanol–water partition coefficient (Wildman–Crippen LogP) is 2.06. The summed E-state index contributed by atoms with van der Waals surface area (Å²) in [5, 5.41) is 0. The van der Waals surface area contributed by atoms with Crippen molar-refractivity contribution in [2.75, 3.05) is 13.6 Å². The molecular weight excluding hydrogens is 235 g/mol. The maximum Gasteiger partial charge on any atom is 0.387 e. The Hall–Kier alpha value is -1.72. The summed E-state index contributed by atoms with van der Waals surface area (Å²) < 4.78 is 41.8. The van der Waals surface area contributed by atoms with Crippen molar-refractivity contribution in [3.05, 3.63) is 29.1 Å². The fourth-order valence-corrected chi connectivity index (χ4v) is 1.82. The molecule has 1 aromatic carbocycles. The van der Waals surface area contributed by atoms with Crippen LogP contribution in [0.15, 0.2) is 12.1 Å². The van der Waals surface area contributed by atoms with E-state index >= 15 is 0 Å². The van der Waals surface area contributed by atoms with Crippen molar-refractivity contribution in [2.24, 2.45) is 0 Å². The summed E-state index contributed by atoms with van der Waals surface area (Å²) in [5.74, 6) is -1.52. The molecule has 0 aromatic heterocycles. The fraction of sp³-hybridized carbons (Fsp3) is 0.364. The number of ether oxygens (including phenoxy) is 1. The molecule has 1 aromatic rings. The monoisotopic (exact) mass is 245 g/mol. The fourth-order valence-electron chi connectivity index (χ4n) is 1.82. The van der Waals surface area contributed by atoms with Crippen molar-refractivity contribution in [2.45, 2.75) is 13.0 Å². The van der Waals surface area contributed by atoms with Gasteiger partial charge in [0, 0.05) is 19.7 Å². The Morgan fingerprint density at radius 3 is 2.76 bits per heavy atom. The molecule has 0 saturated carbocycles. The molecule has 0 N–H and O–H groups in total. The van der Waals surface area contributed by atoms with Gasteiger partial charge in [-0.2, -0.15) is 8.78 Å². The summed E-state index contributed by atoms with van der Waals surface area (Å²) in [4.78, 5) is 13.1. The van der Waals surface area contributed by atoms with Crippen LogP contribution in [0, 0.1) is 5.82 Å². The summed E-state index contributed by atoms with van der Waals surface area (Å²) in [5.41, 5.74) is 0.351. The lowest BCUT2D eigenvalue weighted by molar-refractivity contribution is -0.0500. The summed E-state index contributed by atoms with van der Waals surface area (Å²) in [6.45, 7) is -2.57. The van der Waals surface area contributed by atoms with E-state index in [2.05, 4.69) is 4.74 Å². The van der Waals surface area contributed by atoms with Crippen LogP contribution in [0.25, 0.3) is 0 Å². The summed E-state index contributed by atoms with van der Waals surface area (Å²) in [6.07, 6.45) is 0.426. The number of fused-ring (bicyclic) bond motifs is 1. The van der Waals surface area contributed by atoms with Crippen LogP contribution < -0.4 is 4.74 Å². The van der Waals surface area contributed by atoms with E-state index in [0.717, 1.165) is 6.07 Å². The lowest BCUT2D eigenvalue weighted by atomic mass is 9.98. The number of halogens is 3. The van der Waals surface area contributed by atoms with Gasteiger partial charge in [-0.05, 0) is 18.1 Å². The van der Waals surface area contributed by atoms with Gasteiger partial charge in [-0.15, -0.1) is 0 Å². The third-order valence-corrected chi connectivity index (χ3v) is 2.65. The number of alkyl halides is 2. The maximum absolute atomic E-state index is 13.6. The Bertz CT molecular complexity index is 462. The number of carbonyl (C=O) groups is 1. The molecule has 0 bridgehead atoms. The summed E-state index contributed by atoms with van der Waals surface area (Å²) in [7, 11) is 1.56. The number of likely N-dealkylation sites (N-methyl/N-ethyl adjacent to an activating group) is 1. The zero-order valence-electron chi connectivity index (χ0n) is 9.04. The van der Waals surface area contributed by atoms with E-state index in [0.29, 0.717) is 18.5 Å². The molecule has 92 valence electrons. The molecule has 0 aliphatic carbocycles. The molecule has 6 heteroatoms. The number of nitrogens with zero attached hydrogens (tertiary/aromatic N) is 1. The van der Waals surface area contributed by atoms with E-state index in [1.54, 1.807) is 7.05 Å². The van der Waals surface area contributed by atoms with Crippen molar-refractivity contribution in [1.29, 1.82) is 0 Å². The largest absolute Gasteiger partial charge is 0.435 e. The van der Waals surface area contributed by atoms with Crippen molar-refractivity contribution in [1.82, 2.24) is 4.90 Å². The Morgan fingerprint density at radius 2 is 2.12 bits per heavy atom. The average molecular weight is 245 g/mol. The highest BCUT2D eigenvalue weighted by Gasteiger charge is 2.26. The first kappa shape index (κ1) is 11.8. The molecule has 0 radical (unpaired) electrons. The van der Waals surface area contributed by atoms with E-state index in [9.17, 15) is 18.0 Å². The molecule has 0 saturated heterocycles. The van der Waals surface area contributed by atoms with Crippen LogP contribution in [0.4, 0.5) is 13.2 Å². The summed E-state index contributed by atoms with van der Waals surface area (Å²) in [6, 6.07) is 2.09. The standard InChI is InChI=1S/C11H10F3NO2/c1-15-3-2-6-4-7(17-11(13)14)5-8(12)9(6)10(15)16/h4-5,11H,2-3H2,1H3. The van der Waals surface area contributed by atoms with Crippen LogP contribution in [0.3, 0.4) is 0 Å². The van der Waals surface area contributed by atoms with E-state index in [1.165, 1.54) is 11.0 Å². The molecule has 0 fully saturated rings. The van der Waals surface area contributed by atoms with Crippen molar-refractivity contribution >= 4 is 5.91 Å². The lowest BCUT2D eigenvalue weighted by Crippen LogP contribution is -2.35. The Labute approximate surface area is 95.8 Å². The quantitative estimate of drug-likeness (QED) is 0.798. The number of benzene rings is 1. The minimum Gasteiger partial charge on any atom is -0.435 e. The molecule has 1 aliphatic heterocycles. The van der Waals surface area contributed by atoms with Crippen molar-refractivity contribution in [3.63, 3.8) is 0 Å². The minimum atomic E-state index is -3.01. The normalized spacial score (nSPS) is 15.1. The molecule has 1 aliphatic rings. The van der Waals surface area contributed by atoms with Gasteiger partial charge < -0.3 is 9.64 Å². The van der Waals surface area contributed by atoms with Gasteiger partial charge in [0.25, 0.3) is 5.91 Å². The molecule has 2 rings (SSSR count). The number of rotatable bonds is 2. The third kappa shape index (κ3) is 2.20. The van der Waals surface area contributed by atoms with E-state index in [1.807, 2.05) is 0 Å². The summed E-state index contributed by atoms with van der Waals surface area (Å²) >= 11 is 0. The first-order chi connectivity index (χ1) is 7.99. The van der Waals surface area contributed by atoms with Crippen LogP contribution in [0.1, 0.15) is 15.9 Å². The smallest absolute Gasteiger partial charge is 0.387 e. The van der Waals surface area contributed by atoms with E-state index < -0.39 is 18.3 Å². The van der Waals surface area contributed by atoms with Crippen LogP contribution in [0.2, 0.25) is 0 Å². The Kier molecular flexibility index (Phi) is 2.95. The topological polar surface area (TPSA) is 29.5 Å². The highest BCUT2D eigenvalue weighted by molar-refractivity contribution is 5.97. The van der Waals surface area contributed by atoms with Gasteiger partial charge in [0.1, 0.15) is 11.6 Å². The number of amides is 1. The lowest BCUT2D eigenvalue weighted by Gasteiger charge is -2.25. The second-order valence-electron chi connectivity index (χ2n) is 3.79. The molecule has 0 atom stereocenters. The zero-order valence-corrected chi connectivity index (χ0v) is 9.04. The molecule has 1 amide bonds. The van der Waals surface area contributed by atoms with Crippen molar-refractivity contribution < 1.29 is 22.7 Å². The van der Waals surface area contributed by atoms with Crippen LogP contribution in [0.5, 0.6) is 5.75 Å². The first-order valence-corrected chi connectivity index (χ1v) is 5.01. The van der Waals surface area contributed by atoms with Crippen LogP contribution in [-0.4, -0.2) is 31.0 Å². The van der Waals surface area contributed by atoms with Crippen molar-refractivity contribution in [3.8, 4) is 5.75 Å². The second kappa shape index (κ2) is 4.27. The number of carbonyl (C=O) groups excluding carboxylic acids is 1. The molecular formula is C11H10F3NO2. The predicted molar refractivity (Wildman–Crippen MR) is 53.7 cm³/mol. The van der Waals surface area contributed by atoms with Gasteiger partial charge >= 0.3 is 6.61 Å². The van der Waals surface area contributed by atoms with Gasteiger partial charge in [-0.3, -0.25) is 4.79 Å². The highest BCUT2D eigenvalue weighted by Crippen LogP contribution is 2.27. The van der Waals surface area contributed by atoms with Gasteiger partial charge in [0.15, 0.2) is 0 Å². The minimum absolute atomic E-state index is 0.0552. The van der Waals surface area contributed by atoms with Gasteiger partial charge in [0.05, 0.1) is 5.56 Å². The second-order valence-corrected chi connectivity index (χ2v) is 3.79. The average Bonchev–Trinajstić information content (AvgIpc) is 2.22. The van der Waals surface area contributed by atoms with Gasteiger partial charge in [0.2, 0.25) is 0 Å². The van der Waals surface area contributed by atoms with E-state index in [-0.39, 0.29) is 11.3 Å². The first-order valence-electron chi connectivity index (χ1n) is 5.01. The van der Waals surface area contributed by atoms with Gasteiger partial charge in [-0.25, -0.2) is 4.39 Å². The third-order valence-electron chi connectivity index (χ3n) is 2.65. The maximum atomic E-state index is 13.6. The SMILES string of the molecule is CN1CCc2cc(OC(F)F)cc(F)c2C1=O. The Morgan fingerprint density at radius 1 is 1.41 bits per heavy atom. The van der Waals surface area contributed by atoms with E-state index in [4.69, 9.17) is 0 Å². The van der Waals surface area contributed by atoms with Crippen LogP contribution in [-0.2, 0) is 6.42 Å². The van der Waals surface area contributed by atoms with Crippen LogP contribution >= 0.6 is 0 Å². The number of hydrogen-bond donors (Lipinski definition) is 0. The van der Waals surface area contributed by atoms with Gasteiger partial charge in [-0.1, -0.05) is 0 Å². The molecule has 17 heavy (non-hydrogen) atoms. The molecule has 0 spiro atoms. The molecule has 0 unspecified atom stereocenters. The number of hydrogen-bond acceptors (Lipinski definition) is 2. The Balaban J connectivity index is 2.42. The zero-order chi connectivity index (χ0) is 12.6. The molecule has 3 nitrogen and oxygen atoms in total.